The minimum Gasteiger partial charge on any atom is -0.303 e. The van der Waals surface area contributed by atoms with Crippen LogP contribution in [0.25, 0.3) is 5.65 Å². The molecule has 13 heavy (non-hydrogen) atoms. The molecule has 0 radical (unpaired) electrons. The Labute approximate surface area is 81.4 Å². The van der Waals surface area contributed by atoms with Gasteiger partial charge >= 0.3 is 0 Å². The minimum absolute atomic E-state index is 0.463. The second kappa shape index (κ2) is 3.34. The van der Waals surface area contributed by atoms with Gasteiger partial charge in [-0.2, -0.15) is 0 Å². The van der Waals surface area contributed by atoms with E-state index in [-0.39, 0.29) is 0 Å². The monoisotopic (exact) mass is 195 g/mol. The van der Waals surface area contributed by atoms with Crippen LogP contribution in [0.15, 0.2) is 18.6 Å². The second-order valence-electron chi connectivity index (χ2n) is 2.93. The van der Waals surface area contributed by atoms with Crippen LogP contribution in [-0.4, -0.2) is 14.4 Å². The van der Waals surface area contributed by atoms with Gasteiger partial charge in [0.05, 0.1) is 5.69 Å². The Bertz CT molecular complexity index is 422. The van der Waals surface area contributed by atoms with E-state index in [2.05, 4.69) is 16.9 Å². The fourth-order valence-corrected chi connectivity index (χ4v) is 1.51. The first kappa shape index (κ1) is 8.51. The summed E-state index contributed by atoms with van der Waals surface area (Å²) in [6.45, 7) is 2.13. The van der Waals surface area contributed by atoms with E-state index in [1.807, 2.05) is 16.8 Å². The molecule has 0 fully saturated rings. The molecule has 0 unspecified atom stereocenters. The van der Waals surface area contributed by atoms with Crippen molar-refractivity contribution in [2.75, 3.05) is 0 Å². The molecule has 0 amide bonds. The van der Waals surface area contributed by atoms with E-state index in [0.29, 0.717) is 5.15 Å². The van der Waals surface area contributed by atoms with E-state index < -0.39 is 0 Å². The van der Waals surface area contributed by atoms with Gasteiger partial charge < -0.3 is 4.40 Å². The third-order valence-corrected chi connectivity index (χ3v) is 2.15. The van der Waals surface area contributed by atoms with Crippen LogP contribution < -0.4 is 0 Å². The lowest BCUT2D eigenvalue weighted by Crippen LogP contribution is -1.84. The van der Waals surface area contributed by atoms with Crippen LogP contribution in [-0.2, 0) is 6.42 Å². The minimum atomic E-state index is 0.463. The van der Waals surface area contributed by atoms with E-state index in [9.17, 15) is 0 Å². The lowest BCUT2D eigenvalue weighted by atomic mass is 10.3. The van der Waals surface area contributed by atoms with Crippen molar-refractivity contribution in [1.29, 1.82) is 0 Å². The van der Waals surface area contributed by atoms with Crippen LogP contribution in [0.3, 0.4) is 0 Å². The summed E-state index contributed by atoms with van der Waals surface area (Å²) < 4.78 is 1.90. The standard InChI is InChI=1S/C9H10ClN3/c1-2-3-7-6-13-5-4-11-8(10)9(13)12-7/h4-6H,2-3H2,1H3. The molecule has 3 nitrogen and oxygen atoms in total. The maximum atomic E-state index is 5.88. The SMILES string of the molecule is CCCc1cn2ccnc(Cl)c2n1. The molecule has 2 heterocycles. The molecule has 0 spiro atoms. The molecule has 0 aromatic carbocycles. The highest BCUT2D eigenvalue weighted by Crippen LogP contribution is 2.13. The molecule has 0 aliphatic rings. The number of halogens is 1. The molecule has 0 aliphatic carbocycles. The average molecular weight is 196 g/mol. The van der Waals surface area contributed by atoms with Gasteiger partial charge in [-0.15, -0.1) is 0 Å². The quantitative estimate of drug-likeness (QED) is 0.737. The molecular formula is C9H10ClN3. The molecule has 0 N–H and O–H groups in total. The third-order valence-electron chi connectivity index (χ3n) is 1.89. The predicted molar refractivity (Wildman–Crippen MR) is 52.0 cm³/mol. The van der Waals surface area contributed by atoms with Crippen molar-refractivity contribution in [3.63, 3.8) is 0 Å². The number of imidazole rings is 1. The molecule has 2 aromatic rings. The van der Waals surface area contributed by atoms with Crippen molar-refractivity contribution >= 4 is 17.2 Å². The summed E-state index contributed by atoms with van der Waals surface area (Å²) >= 11 is 5.88. The van der Waals surface area contributed by atoms with Gasteiger partial charge in [-0.05, 0) is 6.42 Å². The van der Waals surface area contributed by atoms with Gasteiger partial charge in [0.15, 0.2) is 10.8 Å². The number of hydrogen-bond donors (Lipinski definition) is 0. The number of aromatic nitrogens is 3. The first-order chi connectivity index (χ1) is 6.31. The Morgan fingerprint density at radius 3 is 3.08 bits per heavy atom. The Balaban J connectivity index is 2.55. The molecule has 4 heteroatoms. The maximum absolute atomic E-state index is 5.88. The second-order valence-corrected chi connectivity index (χ2v) is 3.29. The average Bonchev–Trinajstić information content (AvgIpc) is 2.49. The third kappa shape index (κ3) is 1.52. The van der Waals surface area contributed by atoms with Gasteiger partial charge in [0.25, 0.3) is 0 Å². The van der Waals surface area contributed by atoms with Crippen molar-refractivity contribution < 1.29 is 0 Å². The van der Waals surface area contributed by atoms with Gasteiger partial charge in [-0.1, -0.05) is 24.9 Å². The molecule has 0 aliphatic heterocycles. The van der Waals surface area contributed by atoms with Crippen molar-refractivity contribution in [3.8, 4) is 0 Å². The Kier molecular flexibility index (Phi) is 2.19. The largest absolute Gasteiger partial charge is 0.303 e. The molecule has 68 valence electrons. The van der Waals surface area contributed by atoms with Gasteiger partial charge in [0.2, 0.25) is 0 Å². The first-order valence-corrected chi connectivity index (χ1v) is 4.67. The van der Waals surface area contributed by atoms with Crippen LogP contribution in [0.2, 0.25) is 5.15 Å². The van der Waals surface area contributed by atoms with E-state index >= 15 is 0 Å². The van der Waals surface area contributed by atoms with Crippen LogP contribution in [0.5, 0.6) is 0 Å². The Morgan fingerprint density at radius 2 is 2.38 bits per heavy atom. The number of hydrogen-bond acceptors (Lipinski definition) is 2. The van der Waals surface area contributed by atoms with Crippen molar-refractivity contribution in [1.82, 2.24) is 14.4 Å². The topological polar surface area (TPSA) is 30.2 Å². The molecule has 2 rings (SSSR count). The fourth-order valence-electron chi connectivity index (χ4n) is 1.32. The molecule has 2 aromatic heterocycles. The lowest BCUT2D eigenvalue weighted by Gasteiger charge is -1.91. The van der Waals surface area contributed by atoms with Crippen LogP contribution >= 0.6 is 11.6 Å². The van der Waals surface area contributed by atoms with Gasteiger partial charge in [-0.25, -0.2) is 9.97 Å². The number of rotatable bonds is 2. The smallest absolute Gasteiger partial charge is 0.175 e. The zero-order chi connectivity index (χ0) is 9.26. The van der Waals surface area contributed by atoms with Crippen LogP contribution in [0, 0.1) is 0 Å². The zero-order valence-corrected chi connectivity index (χ0v) is 8.12. The van der Waals surface area contributed by atoms with Crippen LogP contribution in [0.1, 0.15) is 19.0 Å². The summed E-state index contributed by atoms with van der Waals surface area (Å²) in [6.07, 6.45) is 7.60. The normalized spacial score (nSPS) is 10.9. The number of nitrogens with zero attached hydrogens (tertiary/aromatic N) is 3. The van der Waals surface area contributed by atoms with Crippen LogP contribution in [0.4, 0.5) is 0 Å². The van der Waals surface area contributed by atoms with Gasteiger partial charge in [-0.3, -0.25) is 0 Å². The predicted octanol–water partition coefficient (Wildman–Crippen LogP) is 2.34. The van der Waals surface area contributed by atoms with Crippen molar-refractivity contribution in [3.05, 3.63) is 29.4 Å². The number of fused-ring (bicyclic) bond motifs is 1. The van der Waals surface area contributed by atoms with E-state index in [0.717, 1.165) is 24.2 Å². The highest BCUT2D eigenvalue weighted by Gasteiger charge is 2.03. The Morgan fingerprint density at radius 1 is 1.54 bits per heavy atom. The van der Waals surface area contributed by atoms with Crippen molar-refractivity contribution in [2.45, 2.75) is 19.8 Å². The summed E-state index contributed by atoms with van der Waals surface area (Å²) in [6, 6.07) is 0. The zero-order valence-electron chi connectivity index (χ0n) is 7.37. The van der Waals surface area contributed by atoms with Crippen molar-refractivity contribution in [2.24, 2.45) is 0 Å². The Hall–Kier alpha value is -1.09. The summed E-state index contributed by atoms with van der Waals surface area (Å²) in [5.41, 5.74) is 1.81. The molecule has 0 saturated heterocycles. The summed E-state index contributed by atoms with van der Waals surface area (Å²) in [5, 5.41) is 0.463. The van der Waals surface area contributed by atoms with E-state index in [1.54, 1.807) is 6.20 Å². The summed E-state index contributed by atoms with van der Waals surface area (Å²) in [4.78, 5) is 8.33. The first-order valence-electron chi connectivity index (χ1n) is 4.29. The molecule has 0 saturated carbocycles. The summed E-state index contributed by atoms with van der Waals surface area (Å²) in [7, 11) is 0. The van der Waals surface area contributed by atoms with E-state index in [4.69, 9.17) is 11.6 Å². The maximum Gasteiger partial charge on any atom is 0.175 e. The molecule has 0 bridgehead atoms. The number of aryl methyl sites for hydroxylation is 1. The summed E-state index contributed by atoms with van der Waals surface area (Å²) in [5.74, 6) is 0. The highest BCUT2D eigenvalue weighted by molar-refractivity contribution is 6.32. The van der Waals surface area contributed by atoms with Gasteiger partial charge in [0, 0.05) is 18.6 Å². The molecular weight excluding hydrogens is 186 g/mol. The molecule has 0 atom stereocenters. The van der Waals surface area contributed by atoms with Gasteiger partial charge in [0.1, 0.15) is 0 Å². The highest BCUT2D eigenvalue weighted by atomic mass is 35.5. The fraction of sp³-hybridized carbons (Fsp3) is 0.333. The van der Waals surface area contributed by atoms with E-state index in [1.165, 1.54) is 0 Å². The lowest BCUT2D eigenvalue weighted by molar-refractivity contribution is 0.894.